The first-order chi connectivity index (χ1) is 18.5. The van der Waals surface area contributed by atoms with E-state index in [1.54, 1.807) is 29.9 Å². The second-order valence-corrected chi connectivity index (χ2v) is 11.5. The molecule has 0 aliphatic carbocycles. The Morgan fingerprint density at radius 2 is 1.97 bits per heavy atom. The molecular weight excluding hydrogens is 539 g/mol. The molecule has 0 atom stereocenters. The summed E-state index contributed by atoms with van der Waals surface area (Å²) in [5, 5.41) is 4.16. The number of carbonyl (C=O) groups is 1. The highest BCUT2D eigenvalue weighted by atomic mass is 35.5. The van der Waals surface area contributed by atoms with Crippen molar-refractivity contribution >= 4 is 62.5 Å². The summed E-state index contributed by atoms with van der Waals surface area (Å²) in [6, 6.07) is 9.71. The molecule has 2 aliphatic rings. The van der Waals surface area contributed by atoms with Gasteiger partial charge in [0.2, 0.25) is 0 Å². The van der Waals surface area contributed by atoms with Gasteiger partial charge in [-0.25, -0.2) is 9.78 Å². The first-order valence-electron chi connectivity index (χ1n) is 12.5. The number of anilines is 1. The van der Waals surface area contributed by atoms with E-state index in [9.17, 15) is 4.79 Å². The van der Waals surface area contributed by atoms with Gasteiger partial charge in [-0.05, 0) is 55.8 Å². The molecule has 1 fully saturated rings. The minimum atomic E-state index is -0.115. The Balaban J connectivity index is 1.18. The fourth-order valence-corrected chi connectivity index (χ4v) is 6.52. The summed E-state index contributed by atoms with van der Waals surface area (Å²) in [5.41, 5.74) is 6.77. The number of likely N-dealkylation sites (tertiary alicyclic amines) is 1. The molecule has 2 aromatic carbocycles. The molecule has 194 valence electrons. The Morgan fingerprint density at radius 3 is 2.76 bits per heavy atom. The van der Waals surface area contributed by atoms with Crippen LogP contribution >= 0.6 is 34.5 Å². The molecule has 4 aromatic rings. The molecule has 0 bridgehead atoms. The number of amides is 2. The summed E-state index contributed by atoms with van der Waals surface area (Å²) in [6.07, 6.45) is 11.1. The Bertz CT molecular complexity index is 1500. The number of piperidine rings is 1. The zero-order valence-corrected chi connectivity index (χ0v) is 22.9. The Hall–Kier alpha value is -3.04. The van der Waals surface area contributed by atoms with Crippen LogP contribution in [-0.4, -0.2) is 52.1 Å². The van der Waals surface area contributed by atoms with E-state index in [0.717, 1.165) is 59.6 Å². The molecule has 2 aliphatic heterocycles. The van der Waals surface area contributed by atoms with Crippen LogP contribution in [0, 0.1) is 0 Å². The lowest BCUT2D eigenvalue weighted by molar-refractivity contribution is 0.180. The van der Waals surface area contributed by atoms with E-state index in [0.29, 0.717) is 23.1 Å². The van der Waals surface area contributed by atoms with Crippen molar-refractivity contribution < 1.29 is 4.79 Å². The third-order valence-electron chi connectivity index (χ3n) is 7.48. The lowest BCUT2D eigenvalue weighted by Crippen LogP contribution is -2.47. The molecule has 1 N–H and O–H groups in total. The van der Waals surface area contributed by atoms with E-state index in [2.05, 4.69) is 44.5 Å². The average molecular weight is 566 g/mol. The van der Waals surface area contributed by atoms with Crippen molar-refractivity contribution in [3.8, 4) is 0 Å². The van der Waals surface area contributed by atoms with Crippen molar-refractivity contribution in [1.82, 2.24) is 25.2 Å². The molecule has 10 heteroatoms. The molecule has 38 heavy (non-hydrogen) atoms. The van der Waals surface area contributed by atoms with Gasteiger partial charge in [-0.2, -0.15) is 0 Å². The summed E-state index contributed by atoms with van der Waals surface area (Å²) in [5.74, 6) is 0. The second kappa shape index (κ2) is 10.6. The zero-order chi connectivity index (χ0) is 26.1. The zero-order valence-electron chi connectivity index (χ0n) is 20.6. The number of rotatable bonds is 5. The van der Waals surface area contributed by atoms with Gasteiger partial charge in [0, 0.05) is 36.5 Å². The third-order valence-corrected chi connectivity index (χ3v) is 9.01. The van der Waals surface area contributed by atoms with E-state index in [1.807, 2.05) is 28.6 Å². The monoisotopic (exact) mass is 564 g/mol. The number of aromatic nitrogens is 3. The van der Waals surface area contributed by atoms with Gasteiger partial charge < -0.3 is 5.32 Å². The van der Waals surface area contributed by atoms with E-state index in [4.69, 9.17) is 28.2 Å². The summed E-state index contributed by atoms with van der Waals surface area (Å²) >= 11 is 13.8. The number of hydrogen-bond donors (Lipinski definition) is 1. The van der Waals surface area contributed by atoms with Crippen molar-refractivity contribution in [3.63, 3.8) is 0 Å². The number of hydrogen-bond acceptors (Lipinski definition) is 6. The largest absolute Gasteiger partial charge is 0.332 e. The first-order valence-corrected chi connectivity index (χ1v) is 14.2. The van der Waals surface area contributed by atoms with Crippen molar-refractivity contribution in [2.45, 2.75) is 24.8 Å². The van der Waals surface area contributed by atoms with Gasteiger partial charge in [0.25, 0.3) is 0 Å². The van der Waals surface area contributed by atoms with Crippen LogP contribution in [-0.2, 0) is 12.0 Å². The molecule has 0 unspecified atom stereocenters. The van der Waals surface area contributed by atoms with Gasteiger partial charge in [0.15, 0.2) is 0 Å². The fraction of sp³-hybridized carbons (Fsp3) is 0.286. The maximum Gasteiger partial charge on any atom is 0.322 e. The number of carbonyl (C=O) groups excluding carboxylic acids is 1. The second-order valence-electron chi connectivity index (χ2n) is 9.76. The minimum Gasteiger partial charge on any atom is -0.332 e. The standard InChI is InChI=1S/C28H26Cl2N6OS/c29-21-4-3-19(14-22(21)30)2-1-11-35-12-7-28(8-13-35)17-36(27(37)33-16-20-15-31-9-10-32-20)23-5-6-24-26(25(23)28)34-18-38-24/h1-6,9-10,14-15,18H,7-8,11-13,16-17H2,(H,33,37)/b2-1+. The van der Waals surface area contributed by atoms with Crippen LogP contribution in [0.3, 0.4) is 0 Å². The fourth-order valence-electron chi connectivity index (χ4n) is 5.52. The molecule has 4 heterocycles. The predicted octanol–water partition coefficient (Wildman–Crippen LogP) is 6.17. The smallest absolute Gasteiger partial charge is 0.322 e. The minimum absolute atomic E-state index is 0.114. The van der Waals surface area contributed by atoms with Crippen molar-refractivity contribution in [3.05, 3.63) is 87.4 Å². The highest BCUT2D eigenvalue weighted by molar-refractivity contribution is 7.16. The van der Waals surface area contributed by atoms with Crippen LogP contribution in [0.5, 0.6) is 0 Å². The molecule has 2 amide bonds. The highest BCUT2D eigenvalue weighted by Crippen LogP contribution is 2.50. The van der Waals surface area contributed by atoms with Crippen molar-refractivity contribution in [1.29, 1.82) is 0 Å². The highest BCUT2D eigenvalue weighted by Gasteiger charge is 2.47. The topological polar surface area (TPSA) is 74.2 Å². The number of fused-ring (bicyclic) bond motifs is 4. The Morgan fingerprint density at radius 1 is 1.11 bits per heavy atom. The van der Waals surface area contributed by atoms with E-state index in [1.165, 1.54) is 5.56 Å². The summed E-state index contributed by atoms with van der Waals surface area (Å²) in [6.45, 7) is 3.73. The first kappa shape index (κ1) is 25.2. The molecule has 0 saturated carbocycles. The average Bonchev–Trinajstić information content (AvgIpc) is 3.54. The van der Waals surface area contributed by atoms with Crippen LogP contribution < -0.4 is 10.2 Å². The SMILES string of the molecule is O=C(NCc1cnccn1)N1CC2(CCN(C/C=C/c3ccc(Cl)c(Cl)c3)CC2)c2c1ccc1scnc21. The molecular formula is C28H26Cl2N6OS. The quantitative estimate of drug-likeness (QED) is 0.313. The maximum atomic E-state index is 13.4. The van der Waals surface area contributed by atoms with Gasteiger partial charge in [-0.15, -0.1) is 11.3 Å². The molecule has 6 rings (SSSR count). The van der Waals surface area contributed by atoms with Gasteiger partial charge in [0.1, 0.15) is 0 Å². The molecule has 0 radical (unpaired) electrons. The summed E-state index contributed by atoms with van der Waals surface area (Å²) in [4.78, 5) is 30.8. The van der Waals surface area contributed by atoms with Gasteiger partial charge in [-0.1, -0.05) is 41.4 Å². The number of thiazole rings is 1. The lowest BCUT2D eigenvalue weighted by atomic mass is 9.74. The van der Waals surface area contributed by atoms with Gasteiger partial charge in [-0.3, -0.25) is 19.8 Å². The number of halogens is 2. The molecule has 7 nitrogen and oxygen atoms in total. The Labute approximate surface area is 235 Å². The van der Waals surface area contributed by atoms with Crippen LogP contribution in [0.2, 0.25) is 10.0 Å². The van der Waals surface area contributed by atoms with Crippen LogP contribution in [0.1, 0.15) is 29.7 Å². The number of nitrogens with one attached hydrogen (secondary N) is 1. The van der Waals surface area contributed by atoms with Gasteiger partial charge in [0.05, 0.1) is 49.9 Å². The van der Waals surface area contributed by atoms with Crippen molar-refractivity contribution in [2.75, 3.05) is 31.1 Å². The van der Waals surface area contributed by atoms with Crippen LogP contribution in [0.25, 0.3) is 16.3 Å². The molecule has 1 saturated heterocycles. The van der Waals surface area contributed by atoms with E-state index >= 15 is 0 Å². The van der Waals surface area contributed by atoms with Crippen LogP contribution in [0.4, 0.5) is 10.5 Å². The number of benzene rings is 2. The van der Waals surface area contributed by atoms with Crippen LogP contribution in [0.15, 0.2) is 60.5 Å². The summed E-state index contributed by atoms with van der Waals surface area (Å²) in [7, 11) is 0. The summed E-state index contributed by atoms with van der Waals surface area (Å²) < 4.78 is 1.16. The van der Waals surface area contributed by atoms with E-state index in [-0.39, 0.29) is 11.4 Å². The van der Waals surface area contributed by atoms with Crippen molar-refractivity contribution in [2.24, 2.45) is 0 Å². The van der Waals surface area contributed by atoms with Gasteiger partial charge >= 0.3 is 6.03 Å². The van der Waals surface area contributed by atoms with E-state index < -0.39 is 0 Å². The third kappa shape index (κ3) is 4.89. The predicted molar refractivity (Wildman–Crippen MR) is 154 cm³/mol. The normalized spacial score (nSPS) is 16.9. The molecule has 2 aromatic heterocycles. The Kier molecular flexibility index (Phi) is 7.05. The lowest BCUT2D eigenvalue weighted by Gasteiger charge is -2.39. The maximum absolute atomic E-state index is 13.4. The molecule has 1 spiro atoms. The number of nitrogens with zero attached hydrogens (tertiary/aromatic N) is 5. The number of urea groups is 1.